The lowest BCUT2D eigenvalue weighted by molar-refractivity contribution is 0.0534. The molecular formula is C18H22FNO4. The molecule has 130 valence electrons. The molecule has 0 spiro atoms. The predicted molar refractivity (Wildman–Crippen MR) is 85.9 cm³/mol. The molecule has 2 aliphatic heterocycles. The van der Waals surface area contributed by atoms with Crippen molar-refractivity contribution in [2.75, 3.05) is 6.54 Å². The number of esters is 1. The third-order valence-corrected chi connectivity index (χ3v) is 5.16. The molecule has 0 radical (unpaired) electrons. The van der Waals surface area contributed by atoms with Crippen LogP contribution in [-0.2, 0) is 11.3 Å². The van der Waals surface area contributed by atoms with Crippen LogP contribution in [-0.4, -0.2) is 40.8 Å². The summed E-state index contributed by atoms with van der Waals surface area (Å²) in [6.07, 6.45) is -2.40. The normalized spacial score (nSPS) is 26.5. The third-order valence-electron chi connectivity index (χ3n) is 5.16. The minimum atomic E-state index is -1.30. The monoisotopic (exact) mass is 335 g/mol. The van der Waals surface area contributed by atoms with E-state index < -0.39 is 29.6 Å². The van der Waals surface area contributed by atoms with Gasteiger partial charge < -0.3 is 14.7 Å². The van der Waals surface area contributed by atoms with Crippen molar-refractivity contribution in [3.8, 4) is 0 Å². The number of likely N-dealkylation sites (tertiary alicyclic amines) is 1. The zero-order chi connectivity index (χ0) is 17.8. The Labute approximate surface area is 140 Å². The van der Waals surface area contributed by atoms with E-state index in [2.05, 4.69) is 0 Å². The van der Waals surface area contributed by atoms with E-state index >= 15 is 4.39 Å². The molecule has 2 aliphatic rings. The number of benzene rings is 1. The van der Waals surface area contributed by atoms with E-state index in [1.807, 2.05) is 27.7 Å². The number of cyclic esters (lactones) is 1. The summed E-state index contributed by atoms with van der Waals surface area (Å²) in [4.78, 5) is 24.5. The van der Waals surface area contributed by atoms with E-state index in [1.165, 1.54) is 4.90 Å². The summed E-state index contributed by atoms with van der Waals surface area (Å²) in [5.74, 6) is -0.895. The van der Waals surface area contributed by atoms with Crippen LogP contribution in [0.25, 0.3) is 0 Å². The molecule has 1 amide bonds. The summed E-state index contributed by atoms with van der Waals surface area (Å²) < 4.78 is 20.3. The zero-order valence-electron chi connectivity index (χ0n) is 14.3. The molecule has 3 unspecified atom stereocenters. The van der Waals surface area contributed by atoms with E-state index in [1.54, 1.807) is 12.1 Å². The first-order valence-corrected chi connectivity index (χ1v) is 8.06. The van der Waals surface area contributed by atoms with Gasteiger partial charge in [0.05, 0.1) is 11.6 Å². The molecule has 0 aromatic heterocycles. The summed E-state index contributed by atoms with van der Waals surface area (Å²) in [5, 5.41) is 9.48. The molecule has 1 N–H and O–H groups in total. The van der Waals surface area contributed by atoms with Crippen molar-refractivity contribution < 1.29 is 23.8 Å². The molecule has 1 saturated heterocycles. The number of ether oxygens (including phenoxy) is 1. The summed E-state index contributed by atoms with van der Waals surface area (Å²) in [6, 6.07) is 2.70. The standard InChI is InChI=1S/C18H22FNO4/c1-9-10(5-6-11-13(9)8-24-16(11)21)12-7-20(17(22)23)15(14(12)19)18(2,3)4/h5-6,12,14-15H,7-8H2,1-4H3,(H,22,23). The Morgan fingerprint density at radius 3 is 2.58 bits per heavy atom. The van der Waals surface area contributed by atoms with Crippen molar-refractivity contribution in [2.24, 2.45) is 5.41 Å². The van der Waals surface area contributed by atoms with Gasteiger partial charge in [0.1, 0.15) is 12.8 Å². The molecule has 0 aliphatic carbocycles. The largest absolute Gasteiger partial charge is 0.465 e. The van der Waals surface area contributed by atoms with E-state index in [0.29, 0.717) is 5.56 Å². The van der Waals surface area contributed by atoms with Crippen LogP contribution in [0.4, 0.5) is 9.18 Å². The van der Waals surface area contributed by atoms with Crippen molar-refractivity contribution >= 4 is 12.1 Å². The number of nitrogens with zero attached hydrogens (tertiary/aromatic N) is 1. The first-order chi connectivity index (χ1) is 11.1. The highest BCUT2D eigenvalue weighted by molar-refractivity contribution is 5.94. The fourth-order valence-electron chi connectivity index (χ4n) is 4.00. The lowest BCUT2D eigenvalue weighted by Crippen LogP contribution is -2.46. The maximum absolute atomic E-state index is 15.2. The van der Waals surface area contributed by atoms with Gasteiger partial charge in [0, 0.05) is 18.0 Å². The second-order valence-corrected chi connectivity index (χ2v) is 7.68. The number of rotatable bonds is 1. The van der Waals surface area contributed by atoms with Crippen molar-refractivity contribution in [1.29, 1.82) is 0 Å². The number of halogens is 1. The Morgan fingerprint density at radius 2 is 2.04 bits per heavy atom. The van der Waals surface area contributed by atoms with Crippen LogP contribution >= 0.6 is 0 Å². The van der Waals surface area contributed by atoms with Crippen LogP contribution < -0.4 is 0 Å². The molecule has 0 saturated carbocycles. The van der Waals surface area contributed by atoms with Gasteiger partial charge in [-0.1, -0.05) is 26.8 Å². The fourth-order valence-corrected chi connectivity index (χ4v) is 4.00. The molecule has 3 atom stereocenters. The predicted octanol–water partition coefficient (Wildman–Crippen LogP) is 3.50. The highest BCUT2D eigenvalue weighted by Crippen LogP contribution is 2.43. The van der Waals surface area contributed by atoms with E-state index in [9.17, 15) is 14.7 Å². The maximum atomic E-state index is 15.2. The number of hydrogen-bond donors (Lipinski definition) is 1. The van der Waals surface area contributed by atoms with Gasteiger partial charge in [-0.25, -0.2) is 14.0 Å². The zero-order valence-corrected chi connectivity index (χ0v) is 14.3. The van der Waals surface area contributed by atoms with Crippen LogP contribution in [0.5, 0.6) is 0 Å². The van der Waals surface area contributed by atoms with Crippen LogP contribution in [0.15, 0.2) is 12.1 Å². The van der Waals surface area contributed by atoms with Crippen molar-refractivity contribution in [2.45, 2.75) is 52.4 Å². The van der Waals surface area contributed by atoms with Gasteiger partial charge in [-0.15, -0.1) is 0 Å². The molecule has 1 fully saturated rings. The van der Waals surface area contributed by atoms with Gasteiger partial charge in [0.2, 0.25) is 0 Å². The number of carboxylic acid groups (broad SMARTS) is 1. The first kappa shape index (κ1) is 16.7. The highest BCUT2D eigenvalue weighted by atomic mass is 19.1. The minimum Gasteiger partial charge on any atom is -0.465 e. The quantitative estimate of drug-likeness (QED) is 0.798. The summed E-state index contributed by atoms with van der Waals surface area (Å²) >= 11 is 0. The van der Waals surface area contributed by atoms with Gasteiger partial charge >= 0.3 is 12.1 Å². The third kappa shape index (κ3) is 2.44. The van der Waals surface area contributed by atoms with Crippen molar-refractivity contribution in [3.05, 3.63) is 34.4 Å². The second kappa shape index (κ2) is 5.46. The second-order valence-electron chi connectivity index (χ2n) is 7.68. The topological polar surface area (TPSA) is 66.8 Å². The number of hydrogen-bond acceptors (Lipinski definition) is 3. The fraction of sp³-hybridized carbons (Fsp3) is 0.556. The van der Waals surface area contributed by atoms with Crippen LogP contribution in [0.1, 0.15) is 53.7 Å². The van der Waals surface area contributed by atoms with Gasteiger partial charge in [0.15, 0.2) is 0 Å². The summed E-state index contributed by atoms with van der Waals surface area (Å²) in [7, 11) is 0. The molecule has 1 aromatic carbocycles. The minimum absolute atomic E-state index is 0.118. The average molecular weight is 335 g/mol. The maximum Gasteiger partial charge on any atom is 0.407 e. The molecule has 3 rings (SSSR count). The first-order valence-electron chi connectivity index (χ1n) is 8.06. The molecule has 1 aromatic rings. The van der Waals surface area contributed by atoms with Crippen LogP contribution in [0.3, 0.4) is 0 Å². The van der Waals surface area contributed by atoms with Crippen LogP contribution in [0, 0.1) is 12.3 Å². The molecular weight excluding hydrogens is 313 g/mol. The van der Waals surface area contributed by atoms with Crippen molar-refractivity contribution in [3.63, 3.8) is 0 Å². The lowest BCUT2D eigenvalue weighted by Gasteiger charge is -2.34. The highest BCUT2D eigenvalue weighted by Gasteiger charge is 2.50. The molecule has 5 nitrogen and oxygen atoms in total. The number of fused-ring (bicyclic) bond motifs is 1. The van der Waals surface area contributed by atoms with Gasteiger partial charge in [-0.2, -0.15) is 0 Å². The van der Waals surface area contributed by atoms with E-state index in [-0.39, 0.29) is 19.1 Å². The Hall–Kier alpha value is -2.11. The number of alkyl halides is 1. The lowest BCUT2D eigenvalue weighted by atomic mass is 9.80. The van der Waals surface area contributed by atoms with Gasteiger partial charge in [-0.05, 0) is 29.5 Å². The van der Waals surface area contributed by atoms with Crippen LogP contribution in [0.2, 0.25) is 0 Å². The van der Waals surface area contributed by atoms with Gasteiger partial charge in [-0.3, -0.25) is 0 Å². The molecule has 6 heteroatoms. The Bertz CT molecular complexity index is 710. The van der Waals surface area contributed by atoms with E-state index in [0.717, 1.165) is 16.7 Å². The van der Waals surface area contributed by atoms with Crippen molar-refractivity contribution in [1.82, 2.24) is 4.90 Å². The number of carbonyl (C=O) groups excluding carboxylic acids is 1. The number of amides is 1. The molecule has 24 heavy (non-hydrogen) atoms. The summed E-state index contributed by atoms with van der Waals surface area (Å²) in [5.41, 5.74) is 2.39. The Kier molecular flexibility index (Phi) is 3.81. The SMILES string of the molecule is Cc1c(C2CN(C(=O)O)C(C(C)(C)C)C2F)ccc2c1COC2=O. The average Bonchev–Trinajstić information content (AvgIpc) is 3.01. The molecule has 0 bridgehead atoms. The summed E-state index contributed by atoms with van der Waals surface area (Å²) in [6.45, 7) is 7.72. The Balaban J connectivity index is 2.02. The van der Waals surface area contributed by atoms with E-state index in [4.69, 9.17) is 4.74 Å². The smallest absolute Gasteiger partial charge is 0.407 e. The number of carbonyl (C=O) groups is 2. The van der Waals surface area contributed by atoms with Gasteiger partial charge in [0.25, 0.3) is 0 Å². The Morgan fingerprint density at radius 1 is 1.38 bits per heavy atom. The molecule has 2 heterocycles.